The molecule has 2 N–H and O–H groups in total. The zero-order valence-corrected chi connectivity index (χ0v) is 19.1. The van der Waals surface area contributed by atoms with Crippen molar-refractivity contribution in [2.45, 2.75) is 44.2 Å². The molecule has 3 aliphatic rings. The van der Waals surface area contributed by atoms with Gasteiger partial charge in [0.25, 0.3) is 5.91 Å². The number of benzene rings is 2. The van der Waals surface area contributed by atoms with Gasteiger partial charge in [0.05, 0.1) is 16.9 Å². The molecule has 0 bridgehead atoms. The van der Waals surface area contributed by atoms with Gasteiger partial charge in [-0.1, -0.05) is 61.4 Å². The van der Waals surface area contributed by atoms with Gasteiger partial charge in [0.1, 0.15) is 0 Å². The van der Waals surface area contributed by atoms with E-state index in [1.54, 1.807) is 0 Å². The van der Waals surface area contributed by atoms with E-state index < -0.39 is 5.60 Å². The SMILES string of the molecule is Cc1nc2ccccc2cc1N1CC2C(NC(=O)C(O)(c3ccccc3)C3CCCC3)[C@@H]2C1. The van der Waals surface area contributed by atoms with Crippen molar-refractivity contribution in [1.82, 2.24) is 10.3 Å². The maximum absolute atomic E-state index is 13.5. The van der Waals surface area contributed by atoms with Crippen LogP contribution >= 0.6 is 0 Å². The Morgan fingerprint density at radius 2 is 1.70 bits per heavy atom. The number of hydrogen-bond acceptors (Lipinski definition) is 4. The van der Waals surface area contributed by atoms with Crippen LogP contribution in [0.1, 0.15) is 36.9 Å². The molecule has 1 amide bonds. The predicted octanol–water partition coefficient (Wildman–Crippen LogP) is 4.17. The fraction of sp³-hybridized carbons (Fsp3) is 0.429. The van der Waals surface area contributed by atoms with E-state index in [0.29, 0.717) is 11.8 Å². The first-order valence-corrected chi connectivity index (χ1v) is 12.3. The van der Waals surface area contributed by atoms with Crippen molar-refractivity contribution in [1.29, 1.82) is 0 Å². The van der Waals surface area contributed by atoms with E-state index >= 15 is 0 Å². The number of para-hydroxylation sites is 1. The van der Waals surface area contributed by atoms with Crippen molar-refractivity contribution in [3.63, 3.8) is 0 Å². The molecule has 1 aliphatic heterocycles. The number of hydrogen-bond donors (Lipinski definition) is 2. The Hall–Kier alpha value is -2.92. The molecule has 5 nitrogen and oxygen atoms in total. The van der Waals surface area contributed by atoms with Crippen LogP contribution in [-0.4, -0.2) is 35.1 Å². The van der Waals surface area contributed by atoms with Crippen molar-refractivity contribution in [3.05, 3.63) is 71.9 Å². The standard InChI is InChI=1S/C28H31N3O2/c1-18-25(15-19-9-5-8-14-24(19)29-18)31-16-22-23(17-31)26(22)30-27(32)28(33,21-12-6-7-13-21)20-10-3-2-4-11-20/h2-5,8-11,14-15,21-23,26,33H,6-7,12-13,16-17H2,1H3,(H,30,32)/t22-,23?,26?,28?/m1/s1. The molecule has 2 aliphatic carbocycles. The molecule has 0 radical (unpaired) electrons. The molecule has 4 atom stereocenters. The van der Waals surface area contributed by atoms with E-state index in [4.69, 9.17) is 4.98 Å². The van der Waals surface area contributed by atoms with Crippen molar-refractivity contribution in [3.8, 4) is 0 Å². The van der Waals surface area contributed by atoms with Crippen LogP contribution in [-0.2, 0) is 10.4 Å². The Morgan fingerprint density at radius 3 is 2.42 bits per heavy atom. The molecule has 170 valence electrons. The van der Waals surface area contributed by atoms with Crippen molar-refractivity contribution < 1.29 is 9.90 Å². The molecule has 1 saturated heterocycles. The first kappa shape index (κ1) is 20.7. The summed E-state index contributed by atoms with van der Waals surface area (Å²) in [6, 6.07) is 20.2. The molecular formula is C28H31N3O2. The Kier molecular flexibility index (Phi) is 4.91. The van der Waals surface area contributed by atoms with Gasteiger partial charge in [0.2, 0.25) is 0 Å². The van der Waals surface area contributed by atoms with Gasteiger partial charge in [0, 0.05) is 42.3 Å². The number of carbonyl (C=O) groups is 1. The van der Waals surface area contributed by atoms with E-state index in [1.165, 1.54) is 5.69 Å². The normalized spacial score (nSPS) is 26.2. The van der Waals surface area contributed by atoms with Gasteiger partial charge in [-0.15, -0.1) is 0 Å². The molecule has 1 aromatic heterocycles. The molecule has 6 rings (SSSR count). The highest BCUT2D eigenvalue weighted by atomic mass is 16.3. The third kappa shape index (κ3) is 3.41. The highest BCUT2D eigenvalue weighted by Gasteiger charge is 2.58. The van der Waals surface area contributed by atoms with E-state index in [-0.39, 0.29) is 17.9 Å². The molecule has 2 saturated carbocycles. The maximum Gasteiger partial charge on any atom is 0.257 e. The summed E-state index contributed by atoms with van der Waals surface area (Å²) in [6.45, 7) is 3.92. The summed E-state index contributed by atoms with van der Waals surface area (Å²) >= 11 is 0. The van der Waals surface area contributed by atoms with Crippen molar-refractivity contribution in [2.75, 3.05) is 18.0 Å². The largest absolute Gasteiger partial charge is 0.375 e. The predicted molar refractivity (Wildman–Crippen MR) is 130 cm³/mol. The van der Waals surface area contributed by atoms with Gasteiger partial charge in [-0.25, -0.2) is 0 Å². The topological polar surface area (TPSA) is 65.5 Å². The first-order valence-electron chi connectivity index (χ1n) is 12.3. The number of pyridine rings is 1. The van der Waals surface area contributed by atoms with Crippen LogP contribution in [0.25, 0.3) is 10.9 Å². The number of nitrogens with zero attached hydrogens (tertiary/aromatic N) is 2. The zero-order valence-electron chi connectivity index (χ0n) is 19.1. The average molecular weight is 442 g/mol. The quantitative estimate of drug-likeness (QED) is 0.624. The Labute approximate surface area is 194 Å². The summed E-state index contributed by atoms with van der Waals surface area (Å²) in [6.07, 6.45) is 3.96. The van der Waals surface area contributed by atoms with Gasteiger partial charge in [-0.2, -0.15) is 0 Å². The summed E-state index contributed by atoms with van der Waals surface area (Å²) in [7, 11) is 0. The number of aliphatic hydroxyl groups is 1. The number of fused-ring (bicyclic) bond motifs is 2. The van der Waals surface area contributed by atoms with Crippen LogP contribution in [0.2, 0.25) is 0 Å². The summed E-state index contributed by atoms with van der Waals surface area (Å²) in [5.41, 5.74) is 2.56. The minimum atomic E-state index is -1.44. The summed E-state index contributed by atoms with van der Waals surface area (Å²) < 4.78 is 0. The monoisotopic (exact) mass is 441 g/mol. The summed E-state index contributed by atoms with van der Waals surface area (Å²) in [4.78, 5) is 20.7. The molecule has 3 unspecified atom stereocenters. The van der Waals surface area contributed by atoms with Gasteiger partial charge >= 0.3 is 0 Å². The van der Waals surface area contributed by atoms with Gasteiger partial charge in [-0.3, -0.25) is 9.78 Å². The molecule has 3 aromatic rings. The number of aromatic nitrogens is 1. The molecular weight excluding hydrogens is 410 g/mol. The highest BCUT2D eigenvalue weighted by molar-refractivity contribution is 5.87. The lowest BCUT2D eigenvalue weighted by molar-refractivity contribution is -0.147. The van der Waals surface area contributed by atoms with Crippen LogP contribution in [0.15, 0.2) is 60.7 Å². The van der Waals surface area contributed by atoms with Crippen LogP contribution < -0.4 is 10.2 Å². The third-order valence-electron chi connectivity index (χ3n) is 8.23. The van der Waals surface area contributed by atoms with Gasteiger partial charge < -0.3 is 15.3 Å². The van der Waals surface area contributed by atoms with Gasteiger partial charge in [0.15, 0.2) is 5.60 Å². The Bertz CT molecular complexity index is 1180. The Morgan fingerprint density at radius 1 is 1.03 bits per heavy atom. The van der Waals surface area contributed by atoms with Crippen LogP contribution in [0.3, 0.4) is 0 Å². The number of aryl methyl sites for hydroxylation is 1. The summed E-state index contributed by atoms with van der Waals surface area (Å²) in [5.74, 6) is 0.642. The summed E-state index contributed by atoms with van der Waals surface area (Å²) in [5, 5.41) is 16.1. The Balaban J connectivity index is 1.17. The number of carbonyl (C=O) groups excluding carboxylic acids is 1. The lowest BCUT2D eigenvalue weighted by atomic mass is 9.79. The molecule has 2 aromatic carbocycles. The molecule has 33 heavy (non-hydrogen) atoms. The van der Waals surface area contributed by atoms with Crippen molar-refractivity contribution in [2.24, 2.45) is 17.8 Å². The number of anilines is 1. The number of nitrogens with one attached hydrogen (secondary N) is 1. The third-order valence-corrected chi connectivity index (χ3v) is 8.23. The number of piperidine rings is 1. The van der Waals surface area contributed by atoms with Crippen molar-refractivity contribution >= 4 is 22.5 Å². The zero-order chi connectivity index (χ0) is 22.6. The van der Waals surface area contributed by atoms with Crippen LogP contribution in [0.5, 0.6) is 0 Å². The molecule has 2 heterocycles. The fourth-order valence-electron chi connectivity index (χ4n) is 6.31. The number of rotatable bonds is 5. The van der Waals surface area contributed by atoms with Crippen LogP contribution in [0, 0.1) is 24.7 Å². The minimum Gasteiger partial charge on any atom is -0.375 e. The van der Waals surface area contributed by atoms with E-state index in [0.717, 1.165) is 60.9 Å². The second kappa shape index (κ2) is 7.84. The average Bonchev–Trinajstić information content (AvgIpc) is 3.26. The van der Waals surface area contributed by atoms with Crippen LogP contribution in [0.4, 0.5) is 5.69 Å². The fourth-order valence-corrected chi connectivity index (χ4v) is 6.31. The van der Waals surface area contributed by atoms with E-state index in [1.807, 2.05) is 42.5 Å². The second-order valence-corrected chi connectivity index (χ2v) is 10.1. The molecule has 5 heteroatoms. The van der Waals surface area contributed by atoms with Gasteiger partial charge in [-0.05, 0) is 37.5 Å². The second-order valence-electron chi connectivity index (χ2n) is 10.1. The maximum atomic E-state index is 13.5. The molecule has 3 fully saturated rings. The first-order chi connectivity index (χ1) is 16.1. The lowest BCUT2D eigenvalue weighted by Crippen LogP contribution is -2.51. The van der Waals surface area contributed by atoms with E-state index in [2.05, 4.69) is 35.3 Å². The minimum absolute atomic E-state index is 0.0127. The highest BCUT2D eigenvalue weighted by Crippen LogP contribution is 2.48. The molecule has 0 spiro atoms. The van der Waals surface area contributed by atoms with E-state index in [9.17, 15) is 9.90 Å². The smallest absolute Gasteiger partial charge is 0.257 e. The lowest BCUT2D eigenvalue weighted by Gasteiger charge is -2.34. The number of amides is 1.